The summed E-state index contributed by atoms with van der Waals surface area (Å²) in [6.07, 6.45) is 2.00. The van der Waals surface area contributed by atoms with Crippen LogP contribution in [0.25, 0.3) is 0 Å². The average molecular weight is 250 g/mol. The van der Waals surface area contributed by atoms with E-state index in [0.717, 1.165) is 18.4 Å². The molecule has 0 aromatic heterocycles. The molecule has 2 unspecified atom stereocenters. The highest BCUT2D eigenvalue weighted by molar-refractivity contribution is 8.00. The standard InChI is InChI=1S/C15H22OS/c1-10-8-12(3)14(9-11(10)2)15(16)6-5-7-17-13(15)4/h8-9,13,16H,5-7H2,1-4H3. The molecule has 0 amide bonds. The van der Waals surface area contributed by atoms with Gasteiger partial charge < -0.3 is 5.11 Å². The Hall–Kier alpha value is -0.470. The van der Waals surface area contributed by atoms with E-state index < -0.39 is 5.60 Å². The van der Waals surface area contributed by atoms with Gasteiger partial charge in [0.05, 0.1) is 0 Å². The summed E-state index contributed by atoms with van der Waals surface area (Å²) in [5.74, 6) is 1.17. The highest BCUT2D eigenvalue weighted by atomic mass is 32.2. The van der Waals surface area contributed by atoms with E-state index in [1.165, 1.54) is 22.4 Å². The number of rotatable bonds is 1. The lowest BCUT2D eigenvalue weighted by atomic mass is 9.82. The molecule has 94 valence electrons. The van der Waals surface area contributed by atoms with E-state index in [4.69, 9.17) is 0 Å². The number of aryl methyl sites for hydroxylation is 3. The summed E-state index contributed by atoms with van der Waals surface area (Å²) in [7, 11) is 0. The second kappa shape index (κ2) is 4.66. The van der Waals surface area contributed by atoms with Crippen molar-refractivity contribution in [3.8, 4) is 0 Å². The quantitative estimate of drug-likeness (QED) is 0.820. The Bertz CT molecular complexity index is 427. The Morgan fingerprint density at radius 1 is 1.18 bits per heavy atom. The Kier molecular flexibility index (Phi) is 3.55. The van der Waals surface area contributed by atoms with E-state index in [1.54, 1.807) is 0 Å². The lowest BCUT2D eigenvalue weighted by molar-refractivity contribution is 0.0248. The molecule has 0 spiro atoms. The predicted octanol–water partition coefficient (Wildman–Crippen LogP) is 3.71. The molecule has 1 fully saturated rings. The van der Waals surface area contributed by atoms with Crippen LogP contribution >= 0.6 is 11.8 Å². The van der Waals surface area contributed by atoms with Gasteiger partial charge in [0.25, 0.3) is 0 Å². The van der Waals surface area contributed by atoms with Gasteiger partial charge in [0, 0.05) is 5.25 Å². The zero-order valence-corrected chi connectivity index (χ0v) is 12.0. The van der Waals surface area contributed by atoms with Crippen molar-refractivity contribution in [3.63, 3.8) is 0 Å². The summed E-state index contributed by atoms with van der Waals surface area (Å²) >= 11 is 1.89. The monoisotopic (exact) mass is 250 g/mol. The van der Waals surface area contributed by atoms with Crippen LogP contribution in [-0.2, 0) is 5.60 Å². The molecule has 1 aromatic carbocycles. The third-order valence-corrected chi connectivity index (χ3v) is 5.46. The van der Waals surface area contributed by atoms with Crippen molar-refractivity contribution in [2.24, 2.45) is 0 Å². The zero-order chi connectivity index (χ0) is 12.6. The van der Waals surface area contributed by atoms with Crippen LogP contribution in [0.15, 0.2) is 12.1 Å². The van der Waals surface area contributed by atoms with Crippen LogP contribution in [0.3, 0.4) is 0 Å². The van der Waals surface area contributed by atoms with E-state index in [0.29, 0.717) is 0 Å². The molecule has 1 saturated heterocycles. The van der Waals surface area contributed by atoms with E-state index >= 15 is 0 Å². The predicted molar refractivity (Wildman–Crippen MR) is 75.7 cm³/mol. The van der Waals surface area contributed by atoms with Crippen molar-refractivity contribution in [2.45, 2.75) is 51.4 Å². The number of hydrogen-bond acceptors (Lipinski definition) is 2. The van der Waals surface area contributed by atoms with Crippen LogP contribution in [0, 0.1) is 20.8 Å². The molecule has 1 heterocycles. The fourth-order valence-corrected chi connectivity index (χ4v) is 3.91. The Balaban J connectivity index is 2.48. The fourth-order valence-electron chi connectivity index (χ4n) is 2.72. The molecule has 0 saturated carbocycles. The molecule has 0 aliphatic carbocycles. The van der Waals surface area contributed by atoms with Crippen molar-refractivity contribution < 1.29 is 5.11 Å². The second-order valence-electron chi connectivity index (χ2n) is 5.29. The van der Waals surface area contributed by atoms with Gasteiger partial charge in [-0.3, -0.25) is 0 Å². The van der Waals surface area contributed by atoms with Crippen molar-refractivity contribution in [2.75, 3.05) is 5.75 Å². The first-order valence-electron chi connectivity index (χ1n) is 6.37. The minimum Gasteiger partial charge on any atom is -0.384 e. The highest BCUT2D eigenvalue weighted by Crippen LogP contribution is 2.42. The molecule has 2 atom stereocenters. The molecular weight excluding hydrogens is 228 g/mol. The van der Waals surface area contributed by atoms with Gasteiger partial charge in [-0.2, -0.15) is 11.8 Å². The Morgan fingerprint density at radius 2 is 1.82 bits per heavy atom. The maximum atomic E-state index is 11.0. The SMILES string of the molecule is Cc1cc(C)c(C2(O)CCCSC2C)cc1C. The van der Waals surface area contributed by atoms with Crippen molar-refractivity contribution in [3.05, 3.63) is 34.4 Å². The number of aliphatic hydroxyl groups is 1. The first-order valence-corrected chi connectivity index (χ1v) is 7.42. The highest BCUT2D eigenvalue weighted by Gasteiger charge is 2.39. The zero-order valence-electron chi connectivity index (χ0n) is 11.2. The van der Waals surface area contributed by atoms with Crippen LogP contribution < -0.4 is 0 Å². The first kappa shape index (κ1) is 13.0. The smallest absolute Gasteiger partial charge is 0.101 e. The average Bonchev–Trinajstić information content (AvgIpc) is 2.27. The lowest BCUT2D eigenvalue weighted by Gasteiger charge is -2.39. The van der Waals surface area contributed by atoms with Gasteiger partial charge in [0.1, 0.15) is 5.60 Å². The van der Waals surface area contributed by atoms with Crippen molar-refractivity contribution in [1.82, 2.24) is 0 Å². The molecule has 1 nitrogen and oxygen atoms in total. The van der Waals surface area contributed by atoms with Gasteiger partial charge >= 0.3 is 0 Å². The van der Waals surface area contributed by atoms with E-state index in [-0.39, 0.29) is 5.25 Å². The third-order valence-electron chi connectivity index (χ3n) is 4.05. The molecule has 1 aliphatic heterocycles. The van der Waals surface area contributed by atoms with E-state index in [1.807, 2.05) is 11.8 Å². The molecular formula is C15H22OS. The summed E-state index contributed by atoms with van der Waals surface area (Å²) in [5.41, 5.74) is 4.32. The Labute approximate surface area is 109 Å². The molecule has 0 bridgehead atoms. The number of benzene rings is 1. The van der Waals surface area contributed by atoms with Gasteiger partial charge in [0.15, 0.2) is 0 Å². The first-order chi connectivity index (χ1) is 7.95. The number of thioether (sulfide) groups is 1. The molecule has 1 N–H and O–H groups in total. The molecule has 2 rings (SSSR count). The fraction of sp³-hybridized carbons (Fsp3) is 0.600. The van der Waals surface area contributed by atoms with Crippen molar-refractivity contribution >= 4 is 11.8 Å². The van der Waals surface area contributed by atoms with E-state index in [9.17, 15) is 5.11 Å². The van der Waals surface area contributed by atoms with Crippen LogP contribution in [0.5, 0.6) is 0 Å². The topological polar surface area (TPSA) is 20.2 Å². The van der Waals surface area contributed by atoms with Gasteiger partial charge in [-0.25, -0.2) is 0 Å². The van der Waals surface area contributed by atoms with Gasteiger partial charge in [-0.1, -0.05) is 19.1 Å². The van der Waals surface area contributed by atoms with Crippen LogP contribution in [0.2, 0.25) is 0 Å². The lowest BCUT2D eigenvalue weighted by Crippen LogP contribution is -2.39. The largest absolute Gasteiger partial charge is 0.384 e. The van der Waals surface area contributed by atoms with Gasteiger partial charge in [0.2, 0.25) is 0 Å². The molecule has 0 radical (unpaired) electrons. The van der Waals surface area contributed by atoms with Crippen LogP contribution in [0.4, 0.5) is 0 Å². The minimum atomic E-state index is -0.633. The summed E-state index contributed by atoms with van der Waals surface area (Å²) in [6.45, 7) is 8.53. The summed E-state index contributed by atoms with van der Waals surface area (Å²) in [6, 6.07) is 4.39. The summed E-state index contributed by atoms with van der Waals surface area (Å²) < 4.78 is 0. The summed E-state index contributed by atoms with van der Waals surface area (Å²) in [5, 5.41) is 11.3. The van der Waals surface area contributed by atoms with E-state index in [2.05, 4.69) is 39.8 Å². The normalized spacial score (nSPS) is 29.4. The van der Waals surface area contributed by atoms with Gasteiger partial charge in [-0.05, 0) is 61.6 Å². The van der Waals surface area contributed by atoms with Crippen LogP contribution in [0.1, 0.15) is 42.0 Å². The van der Waals surface area contributed by atoms with Crippen LogP contribution in [-0.4, -0.2) is 16.1 Å². The van der Waals surface area contributed by atoms with Crippen molar-refractivity contribution in [1.29, 1.82) is 0 Å². The molecule has 17 heavy (non-hydrogen) atoms. The molecule has 1 aromatic rings. The maximum Gasteiger partial charge on any atom is 0.101 e. The maximum absolute atomic E-state index is 11.0. The van der Waals surface area contributed by atoms with Gasteiger partial charge in [-0.15, -0.1) is 0 Å². The number of hydrogen-bond donors (Lipinski definition) is 1. The third kappa shape index (κ3) is 2.25. The summed E-state index contributed by atoms with van der Waals surface area (Å²) in [4.78, 5) is 0. The Morgan fingerprint density at radius 3 is 2.47 bits per heavy atom. The molecule has 1 aliphatic rings. The minimum absolute atomic E-state index is 0.289. The molecule has 2 heteroatoms. The second-order valence-corrected chi connectivity index (χ2v) is 6.74.